The molecule has 2 rings (SSSR count). The van der Waals surface area contributed by atoms with E-state index in [-0.39, 0.29) is 18.0 Å². The summed E-state index contributed by atoms with van der Waals surface area (Å²) in [6.45, 7) is 3.76. The first kappa shape index (κ1) is 13.6. The number of nitrogens with two attached hydrogens (primary N) is 1. The summed E-state index contributed by atoms with van der Waals surface area (Å²) in [4.78, 5) is 20.3. The fraction of sp³-hybridized carbons (Fsp3) is 0.308. The highest BCUT2D eigenvalue weighted by molar-refractivity contribution is 7.09. The van der Waals surface area contributed by atoms with Gasteiger partial charge in [-0.15, -0.1) is 11.3 Å². The number of pyridine rings is 1. The Balaban J connectivity index is 2.04. The van der Waals surface area contributed by atoms with Crippen LogP contribution in [-0.4, -0.2) is 15.9 Å². The molecule has 0 radical (unpaired) electrons. The summed E-state index contributed by atoms with van der Waals surface area (Å²) < 4.78 is 0. The number of nitrogens with one attached hydrogen (secondary N) is 1. The highest BCUT2D eigenvalue weighted by Gasteiger charge is 2.15. The molecule has 2 aromatic rings. The van der Waals surface area contributed by atoms with Crippen LogP contribution in [0.1, 0.15) is 47.0 Å². The molecule has 0 aliphatic carbocycles. The SMILES string of the molecule is CC(N)c1nc(C(=O)N[C@@H](C)c2cccnc2)cs1. The van der Waals surface area contributed by atoms with Crippen LogP contribution in [0.15, 0.2) is 29.9 Å². The first-order chi connectivity index (χ1) is 9.08. The van der Waals surface area contributed by atoms with E-state index in [9.17, 15) is 4.79 Å². The first-order valence-corrected chi connectivity index (χ1v) is 6.87. The van der Waals surface area contributed by atoms with E-state index in [0.717, 1.165) is 10.6 Å². The maximum atomic E-state index is 12.0. The topological polar surface area (TPSA) is 80.9 Å². The second-order valence-electron chi connectivity index (χ2n) is 4.34. The van der Waals surface area contributed by atoms with Crippen molar-refractivity contribution in [2.45, 2.75) is 25.9 Å². The van der Waals surface area contributed by atoms with Gasteiger partial charge in [-0.1, -0.05) is 6.07 Å². The van der Waals surface area contributed by atoms with Crippen molar-refractivity contribution in [2.75, 3.05) is 0 Å². The normalized spacial score (nSPS) is 13.8. The van der Waals surface area contributed by atoms with Gasteiger partial charge in [-0.25, -0.2) is 4.98 Å². The van der Waals surface area contributed by atoms with Crippen LogP contribution in [0.25, 0.3) is 0 Å². The molecule has 0 aromatic carbocycles. The zero-order valence-electron chi connectivity index (χ0n) is 10.8. The summed E-state index contributed by atoms with van der Waals surface area (Å²) in [5.74, 6) is -0.195. The number of nitrogens with zero attached hydrogens (tertiary/aromatic N) is 2. The monoisotopic (exact) mass is 276 g/mol. The van der Waals surface area contributed by atoms with Crippen LogP contribution in [0.4, 0.5) is 0 Å². The van der Waals surface area contributed by atoms with E-state index >= 15 is 0 Å². The Morgan fingerprint density at radius 3 is 2.84 bits per heavy atom. The molecule has 6 heteroatoms. The summed E-state index contributed by atoms with van der Waals surface area (Å²) in [6, 6.07) is 3.51. The maximum absolute atomic E-state index is 12.0. The largest absolute Gasteiger partial charge is 0.344 e. The van der Waals surface area contributed by atoms with Gasteiger partial charge >= 0.3 is 0 Å². The molecule has 19 heavy (non-hydrogen) atoms. The highest BCUT2D eigenvalue weighted by atomic mass is 32.1. The van der Waals surface area contributed by atoms with Gasteiger partial charge in [-0.3, -0.25) is 9.78 Å². The van der Waals surface area contributed by atoms with Crippen molar-refractivity contribution < 1.29 is 4.79 Å². The molecule has 0 aliphatic heterocycles. The van der Waals surface area contributed by atoms with Crippen molar-refractivity contribution in [3.05, 3.63) is 46.2 Å². The van der Waals surface area contributed by atoms with Crippen molar-refractivity contribution in [1.29, 1.82) is 0 Å². The van der Waals surface area contributed by atoms with E-state index in [1.165, 1.54) is 11.3 Å². The van der Waals surface area contributed by atoms with E-state index in [4.69, 9.17) is 5.73 Å². The highest BCUT2D eigenvalue weighted by Crippen LogP contribution is 2.17. The summed E-state index contributed by atoms with van der Waals surface area (Å²) >= 11 is 1.40. The predicted molar refractivity (Wildman–Crippen MR) is 74.8 cm³/mol. The molecule has 2 atom stereocenters. The minimum Gasteiger partial charge on any atom is -0.344 e. The summed E-state index contributed by atoms with van der Waals surface area (Å²) in [7, 11) is 0. The van der Waals surface area contributed by atoms with Crippen LogP contribution >= 0.6 is 11.3 Å². The second-order valence-corrected chi connectivity index (χ2v) is 5.23. The zero-order chi connectivity index (χ0) is 13.8. The Morgan fingerprint density at radius 1 is 1.47 bits per heavy atom. The molecule has 0 fully saturated rings. The molecule has 0 saturated carbocycles. The third-order valence-corrected chi connectivity index (χ3v) is 3.72. The lowest BCUT2D eigenvalue weighted by Gasteiger charge is -2.12. The van der Waals surface area contributed by atoms with Crippen LogP contribution in [0, 0.1) is 0 Å². The molecule has 3 N–H and O–H groups in total. The third kappa shape index (κ3) is 3.36. The molecule has 0 saturated heterocycles. The summed E-state index contributed by atoms with van der Waals surface area (Å²) in [6.07, 6.45) is 3.44. The molecule has 1 amide bonds. The molecule has 2 aromatic heterocycles. The smallest absolute Gasteiger partial charge is 0.271 e. The number of rotatable bonds is 4. The molecule has 1 unspecified atom stereocenters. The molecule has 0 spiro atoms. The minimum atomic E-state index is -0.195. The Morgan fingerprint density at radius 2 is 2.26 bits per heavy atom. The minimum absolute atomic E-state index is 0.110. The van der Waals surface area contributed by atoms with E-state index < -0.39 is 0 Å². The quantitative estimate of drug-likeness (QED) is 0.895. The molecule has 2 heterocycles. The van der Waals surface area contributed by atoms with Gasteiger partial charge in [0.15, 0.2) is 0 Å². The van der Waals surface area contributed by atoms with Crippen molar-refractivity contribution in [1.82, 2.24) is 15.3 Å². The number of thiazole rings is 1. The Kier molecular flexibility index (Phi) is 4.24. The number of hydrogen-bond donors (Lipinski definition) is 2. The van der Waals surface area contributed by atoms with Crippen LogP contribution in [0.2, 0.25) is 0 Å². The molecule has 0 bridgehead atoms. The Bertz CT molecular complexity index is 553. The fourth-order valence-corrected chi connectivity index (χ4v) is 2.34. The molecule has 100 valence electrons. The first-order valence-electron chi connectivity index (χ1n) is 5.99. The molecular weight excluding hydrogens is 260 g/mol. The number of amides is 1. The second kappa shape index (κ2) is 5.90. The number of hydrogen-bond acceptors (Lipinski definition) is 5. The lowest BCUT2D eigenvalue weighted by Crippen LogP contribution is -2.27. The molecule has 5 nitrogen and oxygen atoms in total. The van der Waals surface area contributed by atoms with Crippen LogP contribution in [-0.2, 0) is 0 Å². The number of aromatic nitrogens is 2. The van der Waals surface area contributed by atoms with Gasteiger partial charge in [0.05, 0.1) is 12.1 Å². The van der Waals surface area contributed by atoms with Crippen molar-refractivity contribution in [2.24, 2.45) is 5.73 Å². The van der Waals surface area contributed by atoms with Gasteiger partial charge in [-0.2, -0.15) is 0 Å². The number of carbonyl (C=O) groups excluding carboxylic acids is 1. The zero-order valence-corrected chi connectivity index (χ0v) is 11.6. The lowest BCUT2D eigenvalue weighted by molar-refractivity contribution is 0.0935. The van der Waals surface area contributed by atoms with Crippen molar-refractivity contribution >= 4 is 17.2 Å². The van der Waals surface area contributed by atoms with E-state index in [2.05, 4.69) is 15.3 Å². The van der Waals surface area contributed by atoms with Crippen LogP contribution in [0.5, 0.6) is 0 Å². The van der Waals surface area contributed by atoms with E-state index in [1.54, 1.807) is 17.8 Å². The van der Waals surface area contributed by atoms with E-state index in [0.29, 0.717) is 5.69 Å². The summed E-state index contributed by atoms with van der Waals surface area (Å²) in [5.41, 5.74) is 7.09. The van der Waals surface area contributed by atoms with Gasteiger partial charge < -0.3 is 11.1 Å². The molecular formula is C13H16N4OS. The number of carbonyl (C=O) groups is 1. The summed E-state index contributed by atoms with van der Waals surface area (Å²) in [5, 5.41) is 5.38. The predicted octanol–water partition coefficient (Wildman–Crippen LogP) is 2.05. The Labute approximate surface area is 115 Å². The van der Waals surface area contributed by atoms with Crippen molar-refractivity contribution in [3.63, 3.8) is 0 Å². The average Bonchev–Trinajstić information content (AvgIpc) is 2.89. The third-order valence-electron chi connectivity index (χ3n) is 2.68. The van der Waals surface area contributed by atoms with Gasteiger partial charge in [0, 0.05) is 17.8 Å². The van der Waals surface area contributed by atoms with Crippen LogP contribution < -0.4 is 11.1 Å². The standard InChI is InChI=1S/C13H16N4OS/c1-8(14)13-17-11(7-19-13)12(18)16-9(2)10-4-3-5-15-6-10/h3-9H,14H2,1-2H3,(H,16,18)/t8?,9-/m0/s1. The average molecular weight is 276 g/mol. The van der Waals surface area contributed by atoms with Gasteiger partial charge in [0.1, 0.15) is 10.7 Å². The van der Waals surface area contributed by atoms with Gasteiger partial charge in [0.25, 0.3) is 5.91 Å². The fourth-order valence-electron chi connectivity index (χ4n) is 1.59. The van der Waals surface area contributed by atoms with Crippen molar-refractivity contribution in [3.8, 4) is 0 Å². The Hall–Kier alpha value is -1.79. The van der Waals surface area contributed by atoms with Crippen LogP contribution in [0.3, 0.4) is 0 Å². The molecule has 0 aliphatic rings. The maximum Gasteiger partial charge on any atom is 0.271 e. The van der Waals surface area contributed by atoms with Gasteiger partial charge in [-0.05, 0) is 25.5 Å². The lowest BCUT2D eigenvalue weighted by atomic mass is 10.1. The van der Waals surface area contributed by atoms with E-state index in [1.807, 2.05) is 26.0 Å². The van der Waals surface area contributed by atoms with Gasteiger partial charge in [0.2, 0.25) is 0 Å².